The molecule has 2 heterocycles. The predicted molar refractivity (Wildman–Crippen MR) is 82.7 cm³/mol. The Morgan fingerprint density at radius 3 is 2.68 bits per heavy atom. The Morgan fingerprint density at radius 1 is 1.32 bits per heavy atom. The number of carboxylic acid groups (broad SMARTS) is 1. The van der Waals surface area contributed by atoms with Gasteiger partial charge in [-0.15, -0.1) is 0 Å². The molecule has 0 spiro atoms. The van der Waals surface area contributed by atoms with Crippen LogP contribution < -0.4 is 5.56 Å². The summed E-state index contributed by atoms with van der Waals surface area (Å²) in [4.78, 5) is 26.0. The van der Waals surface area contributed by atoms with Crippen LogP contribution in [0, 0.1) is 13.8 Å². The van der Waals surface area contributed by atoms with E-state index in [0.717, 1.165) is 16.7 Å². The van der Waals surface area contributed by atoms with Crippen LogP contribution in [0.15, 0.2) is 29.2 Å². The molecule has 0 fully saturated rings. The SMILES string of the molecule is Cc1ccc(-c2cn3nc(C(=O)O)c(Cl)c3c(=O)[nH]2)cc1C. The quantitative estimate of drug-likeness (QED) is 0.760. The first-order chi connectivity index (χ1) is 10.4. The van der Waals surface area contributed by atoms with E-state index in [1.54, 1.807) is 6.20 Å². The standard InChI is InChI=1S/C15H12ClN3O3/c1-7-3-4-9(5-8(7)2)10-6-19-13(14(20)17-10)11(16)12(18-19)15(21)22/h3-6H,1-2H3,(H,17,20)(H,21,22). The number of aromatic carboxylic acids is 1. The summed E-state index contributed by atoms with van der Waals surface area (Å²) in [6, 6.07) is 5.77. The second kappa shape index (κ2) is 4.99. The Bertz CT molecular complexity index is 972. The van der Waals surface area contributed by atoms with Gasteiger partial charge in [0.2, 0.25) is 0 Å². The molecule has 7 heteroatoms. The van der Waals surface area contributed by atoms with Crippen molar-refractivity contribution in [3.05, 3.63) is 56.6 Å². The topological polar surface area (TPSA) is 87.5 Å². The lowest BCUT2D eigenvalue weighted by Gasteiger charge is -2.06. The van der Waals surface area contributed by atoms with Gasteiger partial charge in [-0.1, -0.05) is 23.7 Å². The highest BCUT2D eigenvalue weighted by Gasteiger charge is 2.20. The lowest BCUT2D eigenvalue weighted by molar-refractivity contribution is 0.0690. The number of aromatic amines is 1. The third kappa shape index (κ3) is 2.17. The maximum atomic E-state index is 12.2. The monoisotopic (exact) mass is 317 g/mol. The van der Waals surface area contributed by atoms with Gasteiger partial charge in [-0.25, -0.2) is 9.31 Å². The maximum absolute atomic E-state index is 12.2. The summed E-state index contributed by atoms with van der Waals surface area (Å²) < 4.78 is 1.20. The van der Waals surface area contributed by atoms with Crippen LogP contribution in [0.1, 0.15) is 21.6 Å². The first-order valence-electron chi connectivity index (χ1n) is 6.50. The van der Waals surface area contributed by atoms with Gasteiger partial charge in [-0.3, -0.25) is 4.79 Å². The van der Waals surface area contributed by atoms with Crippen LogP contribution in [0.2, 0.25) is 5.02 Å². The number of hydrogen-bond donors (Lipinski definition) is 2. The summed E-state index contributed by atoms with van der Waals surface area (Å²) in [5, 5.41) is 12.7. The normalized spacial score (nSPS) is 11.0. The zero-order chi connectivity index (χ0) is 16.0. The van der Waals surface area contributed by atoms with Crippen molar-refractivity contribution >= 4 is 23.1 Å². The van der Waals surface area contributed by atoms with E-state index in [9.17, 15) is 9.59 Å². The summed E-state index contributed by atoms with van der Waals surface area (Å²) >= 11 is 5.92. The van der Waals surface area contributed by atoms with E-state index in [1.807, 2.05) is 32.0 Å². The van der Waals surface area contributed by atoms with Crippen molar-refractivity contribution in [3.8, 4) is 11.3 Å². The predicted octanol–water partition coefficient (Wildman–Crippen LogP) is 2.66. The number of hydrogen-bond acceptors (Lipinski definition) is 3. The van der Waals surface area contributed by atoms with Crippen molar-refractivity contribution in [1.29, 1.82) is 0 Å². The molecular weight excluding hydrogens is 306 g/mol. The van der Waals surface area contributed by atoms with E-state index in [1.165, 1.54) is 4.52 Å². The van der Waals surface area contributed by atoms with Crippen molar-refractivity contribution in [3.63, 3.8) is 0 Å². The van der Waals surface area contributed by atoms with Crippen molar-refractivity contribution in [2.45, 2.75) is 13.8 Å². The number of nitrogens with one attached hydrogen (secondary N) is 1. The van der Waals surface area contributed by atoms with Gasteiger partial charge in [0.05, 0.1) is 11.9 Å². The molecule has 0 aliphatic rings. The molecule has 2 aromatic heterocycles. The van der Waals surface area contributed by atoms with Crippen molar-refractivity contribution < 1.29 is 9.90 Å². The minimum Gasteiger partial charge on any atom is -0.476 e. The fourth-order valence-corrected chi connectivity index (χ4v) is 2.53. The largest absolute Gasteiger partial charge is 0.476 e. The summed E-state index contributed by atoms with van der Waals surface area (Å²) in [5.41, 5.74) is 2.77. The second-order valence-corrected chi connectivity index (χ2v) is 5.43. The first kappa shape index (κ1) is 14.3. The Hall–Kier alpha value is -2.60. The smallest absolute Gasteiger partial charge is 0.358 e. The number of carbonyl (C=O) groups is 1. The van der Waals surface area contributed by atoms with Crippen LogP contribution >= 0.6 is 11.6 Å². The fourth-order valence-electron chi connectivity index (χ4n) is 2.24. The highest BCUT2D eigenvalue weighted by Crippen LogP contribution is 2.23. The zero-order valence-electron chi connectivity index (χ0n) is 11.8. The molecule has 0 amide bonds. The molecule has 0 saturated heterocycles. The van der Waals surface area contributed by atoms with E-state index in [-0.39, 0.29) is 16.2 Å². The van der Waals surface area contributed by atoms with Gasteiger partial charge in [0.25, 0.3) is 5.56 Å². The summed E-state index contributed by atoms with van der Waals surface area (Å²) in [5.74, 6) is -1.28. The molecule has 0 atom stereocenters. The molecule has 0 bridgehead atoms. The van der Waals surface area contributed by atoms with Crippen molar-refractivity contribution in [1.82, 2.24) is 14.6 Å². The molecule has 3 rings (SSSR count). The molecular formula is C15H12ClN3O3. The van der Waals surface area contributed by atoms with E-state index in [2.05, 4.69) is 10.1 Å². The van der Waals surface area contributed by atoms with Crippen LogP contribution in [-0.2, 0) is 0 Å². The minimum atomic E-state index is -1.28. The number of H-pyrrole nitrogens is 1. The highest BCUT2D eigenvalue weighted by atomic mass is 35.5. The Kier molecular flexibility index (Phi) is 3.26. The van der Waals surface area contributed by atoms with Gasteiger partial charge < -0.3 is 10.1 Å². The molecule has 22 heavy (non-hydrogen) atoms. The Labute approximate surface area is 130 Å². The molecule has 0 radical (unpaired) electrons. The van der Waals surface area contributed by atoms with Crippen LogP contribution in [0.3, 0.4) is 0 Å². The summed E-state index contributed by atoms with van der Waals surface area (Å²) in [6.07, 6.45) is 1.55. The number of aromatic nitrogens is 3. The second-order valence-electron chi connectivity index (χ2n) is 5.06. The number of carboxylic acids is 1. The van der Waals surface area contributed by atoms with Gasteiger partial charge in [0.1, 0.15) is 5.02 Å². The number of halogens is 1. The molecule has 0 unspecified atom stereocenters. The Balaban J connectivity index is 2.27. The molecule has 2 N–H and O–H groups in total. The van der Waals surface area contributed by atoms with E-state index >= 15 is 0 Å². The zero-order valence-corrected chi connectivity index (χ0v) is 12.6. The minimum absolute atomic E-state index is 0.0200. The number of rotatable bonds is 2. The molecule has 0 aliphatic carbocycles. The lowest BCUT2D eigenvalue weighted by atomic mass is 10.0. The molecule has 0 aliphatic heterocycles. The van der Waals surface area contributed by atoms with Crippen LogP contribution in [0.4, 0.5) is 0 Å². The lowest BCUT2D eigenvalue weighted by Crippen LogP contribution is -2.11. The van der Waals surface area contributed by atoms with E-state index in [4.69, 9.17) is 16.7 Å². The van der Waals surface area contributed by atoms with Crippen molar-refractivity contribution in [2.24, 2.45) is 0 Å². The summed E-state index contributed by atoms with van der Waals surface area (Å²) in [7, 11) is 0. The van der Waals surface area contributed by atoms with E-state index < -0.39 is 11.5 Å². The number of aryl methyl sites for hydroxylation is 2. The van der Waals surface area contributed by atoms with Gasteiger partial charge >= 0.3 is 5.97 Å². The van der Waals surface area contributed by atoms with Gasteiger partial charge in [-0.05, 0) is 36.6 Å². The Morgan fingerprint density at radius 2 is 2.05 bits per heavy atom. The van der Waals surface area contributed by atoms with Crippen molar-refractivity contribution in [2.75, 3.05) is 0 Å². The van der Waals surface area contributed by atoms with Crippen LogP contribution in [0.25, 0.3) is 16.8 Å². The fraction of sp³-hybridized carbons (Fsp3) is 0.133. The first-order valence-corrected chi connectivity index (χ1v) is 6.88. The summed E-state index contributed by atoms with van der Waals surface area (Å²) in [6.45, 7) is 3.97. The van der Waals surface area contributed by atoms with Gasteiger partial charge in [-0.2, -0.15) is 5.10 Å². The third-order valence-corrected chi connectivity index (χ3v) is 3.95. The average molecular weight is 318 g/mol. The molecule has 112 valence electrons. The molecule has 1 aromatic carbocycles. The number of nitrogens with zero attached hydrogens (tertiary/aromatic N) is 2. The van der Waals surface area contributed by atoms with Crippen LogP contribution in [-0.4, -0.2) is 25.7 Å². The molecule has 6 nitrogen and oxygen atoms in total. The molecule has 0 saturated carbocycles. The maximum Gasteiger partial charge on any atom is 0.358 e. The number of benzene rings is 1. The van der Waals surface area contributed by atoms with E-state index in [0.29, 0.717) is 5.69 Å². The molecule has 3 aromatic rings. The van der Waals surface area contributed by atoms with Crippen LogP contribution in [0.5, 0.6) is 0 Å². The highest BCUT2D eigenvalue weighted by molar-refractivity contribution is 6.36. The van der Waals surface area contributed by atoms with Gasteiger partial charge in [0.15, 0.2) is 11.2 Å². The number of fused-ring (bicyclic) bond motifs is 1. The third-order valence-electron chi connectivity index (χ3n) is 3.59. The van der Waals surface area contributed by atoms with Gasteiger partial charge in [0, 0.05) is 0 Å². The average Bonchev–Trinajstić information content (AvgIpc) is 2.79.